The van der Waals surface area contributed by atoms with Crippen LogP contribution in [0, 0.1) is 29.6 Å². The molecular weight excluding hydrogens is 896 g/mol. The van der Waals surface area contributed by atoms with Crippen LogP contribution < -0.4 is 10.6 Å². The van der Waals surface area contributed by atoms with Crippen molar-refractivity contribution < 1.29 is 52.9 Å². The number of carboxylic acids is 1. The number of ether oxygens (including phenoxy) is 2. The van der Waals surface area contributed by atoms with Crippen LogP contribution in [0.15, 0.2) is 36.4 Å². The van der Waals surface area contributed by atoms with Crippen LogP contribution in [0.25, 0.3) is 0 Å². The van der Waals surface area contributed by atoms with E-state index in [4.69, 9.17) is 21.1 Å². The van der Waals surface area contributed by atoms with Gasteiger partial charge in [0.15, 0.2) is 0 Å². The predicted octanol–water partition coefficient (Wildman–Crippen LogP) is 4.48. The summed E-state index contributed by atoms with van der Waals surface area (Å²) in [6.45, 7) is 13.2. The zero-order valence-corrected chi connectivity index (χ0v) is 42.5. The molecule has 0 radical (unpaired) electrons. The maximum Gasteiger partial charge on any atom is 0.326 e. The molecule has 1 saturated heterocycles. The van der Waals surface area contributed by atoms with Gasteiger partial charge in [0.2, 0.25) is 29.5 Å². The summed E-state index contributed by atoms with van der Waals surface area (Å²) in [7, 11) is 6.22. The maximum absolute atomic E-state index is 14.6. The zero-order chi connectivity index (χ0) is 50.7. The van der Waals surface area contributed by atoms with Gasteiger partial charge in [-0.05, 0) is 61.0 Å². The van der Waals surface area contributed by atoms with E-state index < -0.39 is 66.1 Å². The number of unbranched alkanes of at least 4 members (excludes halogenated alkanes) is 2. The van der Waals surface area contributed by atoms with Crippen LogP contribution in [-0.4, -0.2) is 155 Å². The number of carboxylic acid groups (broad SMARTS) is 1. The summed E-state index contributed by atoms with van der Waals surface area (Å²) in [6, 6.07) is 2.63. The highest BCUT2D eigenvalue weighted by Crippen LogP contribution is 2.50. The largest absolute Gasteiger partial charge is 0.480 e. The summed E-state index contributed by atoms with van der Waals surface area (Å²) in [5, 5.41) is 16.1. The van der Waals surface area contributed by atoms with Crippen LogP contribution in [-0.2, 0) is 54.3 Å². The molecule has 1 saturated carbocycles. The molecule has 17 nitrogen and oxygen atoms in total. The van der Waals surface area contributed by atoms with Crippen molar-refractivity contribution in [3.63, 3.8) is 0 Å². The molecule has 0 bridgehead atoms. The smallest absolute Gasteiger partial charge is 0.326 e. The van der Waals surface area contributed by atoms with Crippen LogP contribution in [0.2, 0.25) is 5.02 Å². The van der Waals surface area contributed by atoms with Crippen molar-refractivity contribution in [2.45, 2.75) is 155 Å². The second-order valence-electron chi connectivity index (χ2n) is 19.6. The number of carbonyl (C=O) groups excluding carboxylic acids is 7. The number of carbonyl (C=O) groups is 8. The van der Waals surface area contributed by atoms with Gasteiger partial charge in [-0.3, -0.25) is 38.5 Å². The Morgan fingerprint density at radius 2 is 1.50 bits per heavy atom. The average Bonchev–Trinajstić information content (AvgIpc) is 3.84. The van der Waals surface area contributed by atoms with Crippen molar-refractivity contribution in [3.05, 3.63) is 47.0 Å². The number of aliphatic carboxylic acids is 1. The first-order valence-corrected chi connectivity index (χ1v) is 24.5. The van der Waals surface area contributed by atoms with Gasteiger partial charge in [0.1, 0.15) is 18.1 Å². The molecule has 1 aliphatic carbocycles. The van der Waals surface area contributed by atoms with Crippen LogP contribution in [0.4, 0.5) is 0 Å². The number of hydrogen-bond donors (Lipinski definition) is 3. The van der Waals surface area contributed by atoms with E-state index in [0.717, 1.165) is 6.42 Å². The van der Waals surface area contributed by atoms with Crippen molar-refractivity contribution in [1.29, 1.82) is 0 Å². The van der Waals surface area contributed by atoms with Crippen molar-refractivity contribution in [1.82, 2.24) is 30.2 Å². The topological polar surface area (TPSA) is 212 Å². The molecule has 3 N–H and O–H groups in total. The highest BCUT2D eigenvalue weighted by molar-refractivity contribution is 6.31. The van der Waals surface area contributed by atoms with Crippen LogP contribution in [0.1, 0.15) is 105 Å². The van der Waals surface area contributed by atoms with Crippen molar-refractivity contribution in [2.75, 3.05) is 34.9 Å². The molecule has 1 aromatic rings. The van der Waals surface area contributed by atoms with Crippen molar-refractivity contribution in [2.24, 2.45) is 29.6 Å². The summed E-state index contributed by atoms with van der Waals surface area (Å²) < 4.78 is 12.0. The normalized spacial score (nSPS) is 21.1. The van der Waals surface area contributed by atoms with Crippen LogP contribution >= 0.6 is 11.6 Å². The number of rotatable bonds is 27. The summed E-state index contributed by atoms with van der Waals surface area (Å²) in [4.78, 5) is 112. The van der Waals surface area contributed by atoms with Gasteiger partial charge in [-0.25, -0.2) is 4.79 Å². The molecule has 3 aliphatic rings. The molecule has 378 valence electrons. The van der Waals surface area contributed by atoms with E-state index in [1.54, 1.807) is 55.1 Å². The Balaban J connectivity index is 1.44. The number of hydrogen-bond acceptors (Lipinski definition) is 10. The number of nitrogens with zero attached hydrogens (tertiary/aromatic N) is 4. The lowest BCUT2D eigenvalue weighted by molar-refractivity contribution is -0.149. The van der Waals surface area contributed by atoms with Gasteiger partial charge in [0.25, 0.3) is 11.8 Å². The molecule has 7 amide bonds. The Labute approximate surface area is 407 Å². The van der Waals surface area contributed by atoms with E-state index in [9.17, 15) is 43.5 Å². The fourth-order valence-corrected chi connectivity index (χ4v) is 10.2. The lowest BCUT2D eigenvalue weighted by atomic mass is 9.89. The number of fused-ring (bicyclic) bond motifs is 1. The molecule has 18 heteroatoms. The lowest BCUT2D eigenvalue weighted by Crippen LogP contribution is -2.60. The van der Waals surface area contributed by atoms with Gasteiger partial charge in [-0.1, -0.05) is 91.1 Å². The lowest BCUT2D eigenvalue weighted by Gasteiger charge is -2.41. The Bertz CT molecular complexity index is 2000. The Hall–Kier alpha value is -4.87. The highest BCUT2D eigenvalue weighted by Gasteiger charge is 2.57. The Kier molecular flexibility index (Phi) is 20.6. The molecule has 5 unspecified atom stereocenters. The standard InChI is InChI=1S/C50H75ClN6O11/c1-12-30(6)45(55(9)49(64)43(28(2)3)53-48(63)44(29(4)5)54(8)39(58)20-14-13-17-23-56-40(59)21-22-41(56)60)38(67-10)27-42(61)57-36-25-33(36)26-37(57)46(68-11)31(7)47(62)52-35(50(65)66)24-32-18-15-16-19-34(32)51/h15-16,18-19,21-22,28-31,33,35-38,43-46H,12-14,17,20,23-27H2,1-11H3,(H,52,62)(H,53,63)(H,65,66)/t30-,31+,33-,35?,36-,37-,38?,43-,44?,45?,46?/m0/s1. The van der Waals surface area contributed by atoms with E-state index in [0.29, 0.717) is 42.7 Å². The third kappa shape index (κ3) is 13.7. The molecule has 4 rings (SSSR count). The average molecular weight is 972 g/mol. The Morgan fingerprint density at radius 3 is 2.06 bits per heavy atom. The third-order valence-corrected chi connectivity index (χ3v) is 14.6. The minimum Gasteiger partial charge on any atom is -0.480 e. The second kappa shape index (κ2) is 25.1. The summed E-state index contributed by atoms with van der Waals surface area (Å²) in [5.41, 5.74) is 0.579. The fourth-order valence-electron chi connectivity index (χ4n) is 10.00. The molecule has 11 atom stereocenters. The van der Waals surface area contributed by atoms with Gasteiger partial charge in [-0.2, -0.15) is 0 Å². The second-order valence-corrected chi connectivity index (χ2v) is 20.0. The zero-order valence-electron chi connectivity index (χ0n) is 41.7. The minimum absolute atomic E-state index is 0.0194. The summed E-state index contributed by atoms with van der Waals surface area (Å²) in [6.07, 6.45) is 4.75. The monoisotopic (exact) mass is 971 g/mol. The number of methoxy groups -OCH3 is 2. The predicted molar refractivity (Wildman–Crippen MR) is 256 cm³/mol. The molecule has 0 aromatic heterocycles. The molecule has 68 heavy (non-hydrogen) atoms. The van der Waals surface area contributed by atoms with Gasteiger partial charge >= 0.3 is 5.97 Å². The third-order valence-electron chi connectivity index (χ3n) is 14.2. The number of piperidine rings is 1. The molecule has 2 fully saturated rings. The highest BCUT2D eigenvalue weighted by atomic mass is 35.5. The number of imide groups is 1. The van der Waals surface area contributed by atoms with Crippen molar-refractivity contribution in [3.8, 4) is 0 Å². The first-order valence-electron chi connectivity index (χ1n) is 24.1. The molecule has 2 aliphatic heterocycles. The van der Waals surface area contributed by atoms with E-state index >= 15 is 0 Å². The van der Waals surface area contributed by atoms with E-state index in [1.807, 2.05) is 41.5 Å². The van der Waals surface area contributed by atoms with Gasteiger partial charge < -0.3 is 39.9 Å². The maximum atomic E-state index is 14.6. The number of nitrogens with one attached hydrogen (secondary N) is 2. The molecule has 2 heterocycles. The molecule has 0 spiro atoms. The molecule has 1 aromatic carbocycles. The number of likely N-dealkylation sites (tertiary alicyclic amines) is 1. The van der Waals surface area contributed by atoms with E-state index in [1.165, 1.54) is 36.2 Å². The molecular formula is C50H75ClN6O11. The van der Waals surface area contributed by atoms with Gasteiger partial charge in [0, 0.05) is 70.9 Å². The number of halogens is 1. The number of amides is 7. The van der Waals surface area contributed by atoms with E-state index in [2.05, 4.69) is 10.6 Å². The minimum atomic E-state index is -1.25. The Morgan fingerprint density at radius 1 is 0.853 bits per heavy atom. The quantitative estimate of drug-likeness (QED) is 0.0827. The first kappa shape index (κ1) is 55.7. The van der Waals surface area contributed by atoms with Gasteiger partial charge in [0.05, 0.1) is 36.6 Å². The number of likely N-dealkylation sites (N-methyl/N-ethyl adjacent to an activating group) is 2. The van der Waals surface area contributed by atoms with Gasteiger partial charge in [-0.15, -0.1) is 0 Å². The summed E-state index contributed by atoms with van der Waals surface area (Å²) in [5.74, 6) is -5.12. The van der Waals surface area contributed by atoms with Crippen LogP contribution in [0.5, 0.6) is 0 Å². The van der Waals surface area contributed by atoms with Crippen LogP contribution in [0.3, 0.4) is 0 Å². The van der Waals surface area contributed by atoms with Crippen molar-refractivity contribution >= 4 is 58.9 Å². The first-order chi connectivity index (χ1) is 32.1. The fraction of sp³-hybridized carbons (Fsp3) is 0.680. The number of benzene rings is 1. The van der Waals surface area contributed by atoms with E-state index in [-0.39, 0.29) is 85.1 Å². The summed E-state index contributed by atoms with van der Waals surface area (Å²) >= 11 is 6.31. The SMILES string of the molecule is CC[C@H](C)C(C(CC(=O)N1[C@H](C(OC)[C@@H](C)C(=O)NC(Cc2ccccc2Cl)C(=O)O)C[C@@H]2C[C@@H]21)OC)N(C)C(=O)[C@@H](NC(=O)C(C(C)C)N(C)C(=O)CCCCCN1C(=O)C=CC1=O)C(C)C.